The van der Waals surface area contributed by atoms with E-state index in [2.05, 4.69) is 0 Å². The Bertz CT molecular complexity index is 265. The average molecular weight is 220 g/mol. The maximum atomic E-state index is 12.5. The molecule has 0 spiro atoms. The fourth-order valence-corrected chi connectivity index (χ4v) is 1.16. The molecule has 0 aliphatic carbocycles. The van der Waals surface area contributed by atoms with Gasteiger partial charge in [-0.3, -0.25) is 0 Å². The molecule has 0 bridgehead atoms. The molecule has 2 atom stereocenters. The van der Waals surface area contributed by atoms with Crippen LogP contribution in [0.3, 0.4) is 0 Å². The van der Waals surface area contributed by atoms with Crippen molar-refractivity contribution in [2.75, 3.05) is 0 Å². The van der Waals surface area contributed by atoms with Gasteiger partial charge in [0.15, 0.2) is 0 Å². The smallest absolute Gasteiger partial charge is 0.123 e. The van der Waals surface area contributed by atoms with Crippen LogP contribution in [0.15, 0.2) is 24.3 Å². The summed E-state index contributed by atoms with van der Waals surface area (Å²) in [7, 11) is 0. The van der Waals surface area contributed by atoms with Crippen molar-refractivity contribution < 1.29 is 9.50 Å². The van der Waals surface area contributed by atoms with Crippen LogP contribution in [-0.2, 0) is 0 Å². The zero-order valence-electron chi connectivity index (χ0n) is 7.98. The normalized spacial score (nSPS) is 14.3. The van der Waals surface area contributed by atoms with Gasteiger partial charge in [-0.05, 0) is 24.1 Å². The second kappa shape index (κ2) is 5.96. The quantitative estimate of drug-likeness (QED) is 0.817. The van der Waals surface area contributed by atoms with Gasteiger partial charge in [-0.1, -0.05) is 19.1 Å². The summed E-state index contributed by atoms with van der Waals surface area (Å²) in [6.45, 7) is 1.86. The molecule has 80 valence electrons. The second-order valence-electron chi connectivity index (χ2n) is 3.05. The monoisotopic (exact) mass is 219 g/mol. The Morgan fingerprint density at radius 2 is 1.86 bits per heavy atom. The largest absolute Gasteiger partial charge is 0.391 e. The molecule has 0 aromatic heterocycles. The predicted molar refractivity (Wildman–Crippen MR) is 56.9 cm³/mol. The predicted octanol–water partition coefficient (Wildman–Crippen LogP) is 2.02. The van der Waals surface area contributed by atoms with E-state index in [4.69, 9.17) is 5.73 Å². The van der Waals surface area contributed by atoms with Crippen molar-refractivity contribution in [3.63, 3.8) is 0 Å². The highest BCUT2D eigenvalue weighted by atomic mass is 35.5. The summed E-state index contributed by atoms with van der Waals surface area (Å²) < 4.78 is 12.5. The van der Waals surface area contributed by atoms with Crippen molar-refractivity contribution in [2.45, 2.75) is 25.5 Å². The standard InChI is InChI=1S/C10H14FNO.ClH/c1-2-9(13)10(12)7-3-5-8(11)6-4-7;/h3-6,9-10,13H,2,12H2,1H3;1H/t9-,10+;/m0./s1. The highest BCUT2D eigenvalue weighted by Gasteiger charge is 2.14. The van der Waals surface area contributed by atoms with Gasteiger partial charge in [-0.15, -0.1) is 12.4 Å². The van der Waals surface area contributed by atoms with E-state index < -0.39 is 12.1 Å². The molecule has 2 nitrogen and oxygen atoms in total. The Morgan fingerprint density at radius 1 is 1.36 bits per heavy atom. The lowest BCUT2D eigenvalue weighted by Crippen LogP contribution is -2.25. The lowest BCUT2D eigenvalue weighted by molar-refractivity contribution is 0.140. The maximum Gasteiger partial charge on any atom is 0.123 e. The van der Waals surface area contributed by atoms with Crippen LogP contribution < -0.4 is 5.73 Å². The Balaban J connectivity index is 0.00000169. The molecular formula is C10H15ClFNO. The Morgan fingerprint density at radius 3 is 2.29 bits per heavy atom. The summed E-state index contributed by atoms with van der Waals surface area (Å²) >= 11 is 0. The molecule has 0 aliphatic heterocycles. The summed E-state index contributed by atoms with van der Waals surface area (Å²) in [6.07, 6.45) is 0.0314. The molecule has 0 amide bonds. The van der Waals surface area contributed by atoms with E-state index in [0.717, 1.165) is 5.56 Å². The number of hydrogen-bond acceptors (Lipinski definition) is 2. The highest BCUT2D eigenvalue weighted by Crippen LogP contribution is 2.16. The molecule has 0 fully saturated rings. The molecule has 0 radical (unpaired) electrons. The van der Waals surface area contributed by atoms with Gasteiger partial charge in [0.05, 0.1) is 12.1 Å². The van der Waals surface area contributed by atoms with Gasteiger partial charge in [-0.25, -0.2) is 4.39 Å². The minimum Gasteiger partial charge on any atom is -0.391 e. The molecular weight excluding hydrogens is 205 g/mol. The number of hydrogen-bond donors (Lipinski definition) is 2. The Kier molecular flexibility index (Phi) is 5.69. The van der Waals surface area contributed by atoms with E-state index >= 15 is 0 Å². The fraction of sp³-hybridized carbons (Fsp3) is 0.400. The first-order chi connectivity index (χ1) is 6.15. The molecule has 0 saturated heterocycles. The number of aliphatic hydroxyl groups excluding tert-OH is 1. The summed E-state index contributed by atoms with van der Waals surface area (Å²) in [5.41, 5.74) is 6.49. The van der Waals surface area contributed by atoms with Crippen molar-refractivity contribution in [3.8, 4) is 0 Å². The zero-order valence-corrected chi connectivity index (χ0v) is 8.80. The topological polar surface area (TPSA) is 46.2 Å². The number of rotatable bonds is 3. The molecule has 14 heavy (non-hydrogen) atoms. The van der Waals surface area contributed by atoms with Gasteiger partial charge in [0.2, 0.25) is 0 Å². The first-order valence-corrected chi connectivity index (χ1v) is 4.34. The Hall–Kier alpha value is -0.640. The van der Waals surface area contributed by atoms with E-state index in [1.807, 2.05) is 6.92 Å². The number of halogens is 2. The second-order valence-corrected chi connectivity index (χ2v) is 3.05. The van der Waals surface area contributed by atoms with E-state index in [1.54, 1.807) is 12.1 Å². The van der Waals surface area contributed by atoms with E-state index in [1.165, 1.54) is 12.1 Å². The third-order valence-corrected chi connectivity index (χ3v) is 2.09. The van der Waals surface area contributed by atoms with Crippen molar-refractivity contribution in [1.82, 2.24) is 0 Å². The zero-order chi connectivity index (χ0) is 9.84. The van der Waals surface area contributed by atoms with Gasteiger partial charge in [0, 0.05) is 0 Å². The summed E-state index contributed by atoms with van der Waals surface area (Å²) in [5, 5.41) is 9.43. The first-order valence-electron chi connectivity index (χ1n) is 4.34. The number of aliphatic hydroxyl groups is 1. The highest BCUT2D eigenvalue weighted by molar-refractivity contribution is 5.85. The third kappa shape index (κ3) is 3.25. The van der Waals surface area contributed by atoms with Gasteiger partial charge in [0.25, 0.3) is 0 Å². The molecule has 3 N–H and O–H groups in total. The van der Waals surface area contributed by atoms with Crippen molar-refractivity contribution in [2.24, 2.45) is 5.73 Å². The van der Waals surface area contributed by atoms with Crippen molar-refractivity contribution in [1.29, 1.82) is 0 Å². The summed E-state index contributed by atoms with van der Waals surface area (Å²) in [6, 6.07) is 5.46. The van der Waals surface area contributed by atoms with Crippen molar-refractivity contribution >= 4 is 12.4 Å². The molecule has 0 aliphatic rings. The molecule has 1 rings (SSSR count). The Labute approximate surface area is 89.3 Å². The fourth-order valence-electron chi connectivity index (χ4n) is 1.16. The first kappa shape index (κ1) is 13.4. The van der Waals surface area contributed by atoms with Crippen LogP contribution in [0, 0.1) is 5.82 Å². The minimum absolute atomic E-state index is 0. The number of benzene rings is 1. The average Bonchev–Trinajstić information content (AvgIpc) is 2.17. The SMILES string of the molecule is CC[C@H](O)[C@H](N)c1ccc(F)cc1.Cl. The molecule has 4 heteroatoms. The molecule has 1 aromatic rings. The summed E-state index contributed by atoms with van der Waals surface area (Å²) in [5.74, 6) is -0.290. The van der Waals surface area contributed by atoms with Crippen LogP contribution in [-0.4, -0.2) is 11.2 Å². The van der Waals surface area contributed by atoms with Crippen LogP contribution in [0.2, 0.25) is 0 Å². The maximum absolute atomic E-state index is 12.5. The van der Waals surface area contributed by atoms with Crippen LogP contribution in [0.4, 0.5) is 4.39 Å². The third-order valence-electron chi connectivity index (χ3n) is 2.09. The van der Waals surface area contributed by atoms with Gasteiger partial charge >= 0.3 is 0 Å². The lowest BCUT2D eigenvalue weighted by atomic mass is 10.0. The van der Waals surface area contributed by atoms with Gasteiger partial charge < -0.3 is 10.8 Å². The van der Waals surface area contributed by atoms with E-state index in [0.29, 0.717) is 6.42 Å². The van der Waals surface area contributed by atoms with Crippen LogP contribution in [0.5, 0.6) is 0 Å². The van der Waals surface area contributed by atoms with Crippen LogP contribution >= 0.6 is 12.4 Å². The van der Waals surface area contributed by atoms with Gasteiger partial charge in [-0.2, -0.15) is 0 Å². The van der Waals surface area contributed by atoms with Crippen molar-refractivity contribution in [3.05, 3.63) is 35.6 Å². The lowest BCUT2D eigenvalue weighted by Gasteiger charge is -2.17. The van der Waals surface area contributed by atoms with Gasteiger partial charge in [0.1, 0.15) is 5.82 Å². The van der Waals surface area contributed by atoms with E-state index in [-0.39, 0.29) is 18.2 Å². The molecule has 0 unspecified atom stereocenters. The number of nitrogens with two attached hydrogens (primary N) is 1. The minimum atomic E-state index is -0.564. The molecule has 0 heterocycles. The van der Waals surface area contributed by atoms with Crippen LogP contribution in [0.1, 0.15) is 24.9 Å². The molecule has 0 saturated carbocycles. The van der Waals surface area contributed by atoms with E-state index in [9.17, 15) is 9.50 Å². The molecule has 1 aromatic carbocycles. The summed E-state index contributed by atoms with van der Waals surface area (Å²) in [4.78, 5) is 0. The van der Waals surface area contributed by atoms with Crippen LogP contribution in [0.25, 0.3) is 0 Å².